The molecule has 0 aliphatic carbocycles. The summed E-state index contributed by atoms with van der Waals surface area (Å²) in [5.74, 6) is 0. The van der Waals surface area contributed by atoms with Crippen molar-refractivity contribution in [2.75, 3.05) is 0 Å². The summed E-state index contributed by atoms with van der Waals surface area (Å²) in [5.41, 5.74) is 1.13. The molecule has 0 amide bonds. The average molecular weight is 194 g/mol. The lowest BCUT2D eigenvalue weighted by Crippen LogP contribution is -1.76. The zero-order valence-corrected chi connectivity index (χ0v) is 8.31. The Kier molecular flexibility index (Phi) is 2.91. The molecule has 1 nitrogen and oxygen atoms in total. The van der Waals surface area contributed by atoms with E-state index in [2.05, 4.69) is 18.2 Å². The molecule has 0 bridgehead atoms. The van der Waals surface area contributed by atoms with Crippen LogP contribution in [-0.4, -0.2) is 0 Å². The molecule has 0 atom stereocenters. The van der Waals surface area contributed by atoms with Gasteiger partial charge in [-0.2, -0.15) is 0 Å². The summed E-state index contributed by atoms with van der Waals surface area (Å²) in [6, 6.07) is 12.3. The van der Waals surface area contributed by atoms with E-state index in [-0.39, 0.29) is 6.15 Å². The SMILES string of the molecule is Cc1cc2ccccc2cc1Cl.N. The van der Waals surface area contributed by atoms with Gasteiger partial charge in [-0.3, -0.25) is 0 Å². The third-order valence-electron chi connectivity index (χ3n) is 2.03. The van der Waals surface area contributed by atoms with Crippen molar-refractivity contribution in [2.45, 2.75) is 6.92 Å². The molecule has 0 heterocycles. The molecule has 2 aromatic carbocycles. The normalized spacial score (nSPS) is 9.69. The molecule has 3 N–H and O–H groups in total. The molecule has 2 rings (SSSR count). The maximum absolute atomic E-state index is 5.99. The Hall–Kier alpha value is -1.05. The first-order chi connectivity index (χ1) is 5.77. The van der Waals surface area contributed by atoms with Gasteiger partial charge in [0.05, 0.1) is 0 Å². The van der Waals surface area contributed by atoms with Gasteiger partial charge in [0.15, 0.2) is 0 Å². The number of aryl methyl sites for hydroxylation is 1. The fraction of sp³-hybridized carbons (Fsp3) is 0.0909. The second kappa shape index (κ2) is 3.77. The maximum Gasteiger partial charge on any atom is 0.0441 e. The molecule has 0 spiro atoms. The van der Waals surface area contributed by atoms with Gasteiger partial charge in [0.25, 0.3) is 0 Å². The van der Waals surface area contributed by atoms with Crippen LogP contribution in [0.25, 0.3) is 10.8 Å². The highest BCUT2D eigenvalue weighted by atomic mass is 35.5. The molecule has 68 valence electrons. The predicted molar refractivity (Wildman–Crippen MR) is 58.7 cm³/mol. The molecule has 13 heavy (non-hydrogen) atoms. The fourth-order valence-electron chi connectivity index (χ4n) is 1.33. The first-order valence-electron chi connectivity index (χ1n) is 3.92. The molecule has 0 unspecified atom stereocenters. The van der Waals surface area contributed by atoms with Crippen LogP contribution in [0.3, 0.4) is 0 Å². The molecule has 0 radical (unpaired) electrons. The Balaban J connectivity index is 0.000000845. The topological polar surface area (TPSA) is 35.0 Å². The summed E-state index contributed by atoms with van der Waals surface area (Å²) >= 11 is 5.99. The van der Waals surface area contributed by atoms with Crippen molar-refractivity contribution in [3.63, 3.8) is 0 Å². The van der Waals surface area contributed by atoms with Gasteiger partial charge in [-0.05, 0) is 35.4 Å². The summed E-state index contributed by atoms with van der Waals surface area (Å²) in [4.78, 5) is 0. The summed E-state index contributed by atoms with van der Waals surface area (Å²) < 4.78 is 0. The Morgan fingerprint density at radius 3 is 2.15 bits per heavy atom. The minimum atomic E-state index is 0. The highest BCUT2D eigenvalue weighted by molar-refractivity contribution is 6.32. The van der Waals surface area contributed by atoms with Crippen LogP contribution in [0, 0.1) is 6.92 Å². The molecule has 0 aliphatic heterocycles. The van der Waals surface area contributed by atoms with E-state index in [0.29, 0.717) is 0 Å². The minimum absolute atomic E-state index is 0. The molecule has 0 fully saturated rings. The van der Waals surface area contributed by atoms with Crippen LogP contribution < -0.4 is 6.15 Å². The van der Waals surface area contributed by atoms with Gasteiger partial charge < -0.3 is 6.15 Å². The number of rotatable bonds is 0. The molecule has 2 heteroatoms. The number of benzene rings is 2. The quantitative estimate of drug-likeness (QED) is 0.675. The van der Waals surface area contributed by atoms with Crippen molar-refractivity contribution in [3.8, 4) is 0 Å². The van der Waals surface area contributed by atoms with Crippen LogP contribution in [-0.2, 0) is 0 Å². The van der Waals surface area contributed by atoms with Gasteiger partial charge in [-0.15, -0.1) is 0 Å². The van der Waals surface area contributed by atoms with E-state index >= 15 is 0 Å². The maximum atomic E-state index is 5.99. The summed E-state index contributed by atoms with van der Waals surface area (Å²) in [5, 5.41) is 3.29. The van der Waals surface area contributed by atoms with Gasteiger partial charge >= 0.3 is 0 Å². The largest absolute Gasteiger partial charge is 0.344 e. The molecule has 0 aromatic heterocycles. The van der Waals surface area contributed by atoms with E-state index in [9.17, 15) is 0 Å². The number of hydrogen-bond acceptors (Lipinski definition) is 1. The van der Waals surface area contributed by atoms with E-state index in [1.165, 1.54) is 10.8 Å². The Bertz CT molecular complexity index is 383. The van der Waals surface area contributed by atoms with E-state index in [4.69, 9.17) is 11.6 Å². The van der Waals surface area contributed by atoms with Crippen molar-refractivity contribution in [3.05, 3.63) is 47.0 Å². The third kappa shape index (κ3) is 1.82. The van der Waals surface area contributed by atoms with Crippen molar-refractivity contribution in [1.82, 2.24) is 6.15 Å². The fourth-order valence-corrected chi connectivity index (χ4v) is 1.50. The summed E-state index contributed by atoms with van der Waals surface area (Å²) in [6.45, 7) is 2.02. The van der Waals surface area contributed by atoms with E-state index in [1.54, 1.807) is 0 Å². The van der Waals surface area contributed by atoms with Crippen LogP contribution in [0.1, 0.15) is 5.56 Å². The number of hydrogen-bond donors (Lipinski definition) is 1. The lowest BCUT2D eigenvalue weighted by molar-refractivity contribution is 1.50. The zero-order valence-electron chi connectivity index (χ0n) is 7.55. The Morgan fingerprint density at radius 2 is 1.54 bits per heavy atom. The van der Waals surface area contributed by atoms with Crippen LogP contribution >= 0.6 is 11.6 Å². The highest BCUT2D eigenvalue weighted by Gasteiger charge is 1.96. The van der Waals surface area contributed by atoms with Crippen LogP contribution in [0.2, 0.25) is 5.02 Å². The van der Waals surface area contributed by atoms with Gasteiger partial charge in [0, 0.05) is 5.02 Å². The lowest BCUT2D eigenvalue weighted by atomic mass is 10.1. The van der Waals surface area contributed by atoms with Gasteiger partial charge in [0.2, 0.25) is 0 Å². The second-order valence-electron chi connectivity index (χ2n) is 2.95. The lowest BCUT2D eigenvalue weighted by Gasteiger charge is -2.00. The zero-order chi connectivity index (χ0) is 8.55. The van der Waals surface area contributed by atoms with Crippen LogP contribution in [0.15, 0.2) is 36.4 Å². The first-order valence-corrected chi connectivity index (χ1v) is 4.30. The van der Waals surface area contributed by atoms with Crippen LogP contribution in [0.4, 0.5) is 0 Å². The monoisotopic (exact) mass is 193 g/mol. The first kappa shape index (κ1) is 10.0. The molecule has 0 saturated heterocycles. The number of halogens is 1. The van der Waals surface area contributed by atoms with E-state index in [1.807, 2.05) is 25.1 Å². The summed E-state index contributed by atoms with van der Waals surface area (Å²) in [6.07, 6.45) is 0. The smallest absolute Gasteiger partial charge is 0.0441 e. The predicted octanol–water partition coefficient (Wildman–Crippen LogP) is 3.96. The van der Waals surface area contributed by atoms with Crippen molar-refractivity contribution in [2.24, 2.45) is 0 Å². The molecular weight excluding hydrogens is 182 g/mol. The van der Waals surface area contributed by atoms with Crippen molar-refractivity contribution >= 4 is 22.4 Å². The standard InChI is InChI=1S/C11H9Cl.H3N/c1-8-6-9-4-2-3-5-10(9)7-11(8)12;/h2-7H,1H3;1H3. The average Bonchev–Trinajstić information content (AvgIpc) is 2.07. The van der Waals surface area contributed by atoms with Crippen molar-refractivity contribution < 1.29 is 0 Å². The Morgan fingerprint density at radius 1 is 1.00 bits per heavy atom. The minimum Gasteiger partial charge on any atom is -0.344 e. The third-order valence-corrected chi connectivity index (χ3v) is 2.43. The van der Waals surface area contributed by atoms with Gasteiger partial charge in [-0.25, -0.2) is 0 Å². The van der Waals surface area contributed by atoms with E-state index < -0.39 is 0 Å². The number of fused-ring (bicyclic) bond motifs is 1. The van der Waals surface area contributed by atoms with E-state index in [0.717, 1.165) is 10.6 Å². The molecule has 2 aromatic rings. The Labute approximate surface area is 82.9 Å². The summed E-state index contributed by atoms with van der Waals surface area (Å²) in [7, 11) is 0. The second-order valence-corrected chi connectivity index (χ2v) is 3.36. The molecule has 0 aliphatic rings. The van der Waals surface area contributed by atoms with Crippen molar-refractivity contribution in [1.29, 1.82) is 0 Å². The molecule has 0 saturated carbocycles. The molecular formula is C11H12ClN. The van der Waals surface area contributed by atoms with Gasteiger partial charge in [-0.1, -0.05) is 35.9 Å². The van der Waals surface area contributed by atoms with Crippen LogP contribution in [0.5, 0.6) is 0 Å². The van der Waals surface area contributed by atoms with Gasteiger partial charge in [0.1, 0.15) is 0 Å². The highest BCUT2D eigenvalue weighted by Crippen LogP contribution is 2.22.